The molecule has 1 aromatic heterocycles. The third kappa shape index (κ3) is 3.64. The monoisotopic (exact) mass is 213 g/mol. The Morgan fingerprint density at radius 1 is 1.80 bits per heavy atom. The Kier molecular flexibility index (Phi) is 4.72. The first kappa shape index (κ1) is 11.6. The summed E-state index contributed by atoms with van der Waals surface area (Å²) in [7, 11) is 1.58. The number of amides is 1. The molecule has 0 spiro atoms. The van der Waals surface area contributed by atoms with Crippen LogP contribution < -0.4 is 11.1 Å². The van der Waals surface area contributed by atoms with Crippen molar-refractivity contribution >= 4 is 5.91 Å². The van der Waals surface area contributed by atoms with Crippen molar-refractivity contribution in [3.05, 3.63) is 11.9 Å². The van der Waals surface area contributed by atoms with Gasteiger partial charge in [-0.25, -0.2) is 0 Å². The fraction of sp³-hybridized carbons (Fsp3) is 0.625. The van der Waals surface area contributed by atoms with Crippen LogP contribution in [0.3, 0.4) is 0 Å². The van der Waals surface area contributed by atoms with Gasteiger partial charge in [-0.15, -0.1) is 0 Å². The highest BCUT2D eigenvalue weighted by atomic mass is 16.5. The zero-order valence-corrected chi connectivity index (χ0v) is 8.56. The lowest BCUT2D eigenvalue weighted by atomic mass is 10.2. The standard InChI is InChI=1S/C8H15N5O2/c1-15-5-6(2-3-9)11-8(14)7-4-10-13-12-7/h4,6H,2-3,5,9H2,1H3,(H,11,14)(H,10,12,13). The number of nitrogens with zero attached hydrogens (tertiary/aromatic N) is 2. The molecule has 0 fully saturated rings. The number of nitrogens with one attached hydrogen (secondary N) is 2. The summed E-state index contributed by atoms with van der Waals surface area (Å²) >= 11 is 0. The molecule has 15 heavy (non-hydrogen) atoms. The van der Waals surface area contributed by atoms with Gasteiger partial charge in [0.25, 0.3) is 5.91 Å². The van der Waals surface area contributed by atoms with Gasteiger partial charge < -0.3 is 15.8 Å². The predicted molar refractivity (Wildman–Crippen MR) is 53.2 cm³/mol. The molecule has 0 radical (unpaired) electrons. The van der Waals surface area contributed by atoms with Gasteiger partial charge in [0, 0.05) is 7.11 Å². The summed E-state index contributed by atoms with van der Waals surface area (Å²) in [4.78, 5) is 11.5. The average Bonchev–Trinajstić information content (AvgIpc) is 2.71. The maximum absolute atomic E-state index is 11.5. The lowest BCUT2D eigenvalue weighted by molar-refractivity contribution is 0.0888. The summed E-state index contributed by atoms with van der Waals surface area (Å²) < 4.78 is 4.96. The van der Waals surface area contributed by atoms with Gasteiger partial charge in [0.05, 0.1) is 18.8 Å². The Balaban J connectivity index is 2.47. The molecule has 0 saturated carbocycles. The van der Waals surface area contributed by atoms with Gasteiger partial charge in [0.2, 0.25) is 0 Å². The molecule has 1 amide bonds. The lowest BCUT2D eigenvalue weighted by Crippen LogP contribution is -2.39. The van der Waals surface area contributed by atoms with E-state index in [2.05, 4.69) is 20.7 Å². The lowest BCUT2D eigenvalue weighted by Gasteiger charge is -2.15. The molecule has 0 aliphatic carbocycles. The quantitative estimate of drug-likeness (QED) is 0.556. The summed E-state index contributed by atoms with van der Waals surface area (Å²) in [6.45, 7) is 0.925. The predicted octanol–water partition coefficient (Wildman–Crippen LogP) is -1.10. The van der Waals surface area contributed by atoms with E-state index in [1.807, 2.05) is 0 Å². The zero-order chi connectivity index (χ0) is 11.1. The van der Waals surface area contributed by atoms with Crippen LogP contribution in [0.1, 0.15) is 16.9 Å². The van der Waals surface area contributed by atoms with Crippen LogP contribution in [0.5, 0.6) is 0 Å². The van der Waals surface area contributed by atoms with E-state index < -0.39 is 0 Å². The van der Waals surface area contributed by atoms with Gasteiger partial charge in [-0.3, -0.25) is 4.79 Å². The smallest absolute Gasteiger partial charge is 0.273 e. The molecule has 1 unspecified atom stereocenters. The third-order valence-corrected chi connectivity index (χ3v) is 1.87. The molecule has 1 atom stereocenters. The Bertz CT molecular complexity index is 281. The van der Waals surface area contributed by atoms with Crippen LogP contribution in [0.25, 0.3) is 0 Å². The second kappa shape index (κ2) is 6.10. The van der Waals surface area contributed by atoms with Crippen molar-refractivity contribution in [2.75, 3.05) is 20.3 Å². The van der Waals surface area contributed by atoms with Crippen molar-refractivity contribution in [2.45, 2.75) is 12.5 Å². The number of hydrogen-bond acceptors (Lipinski definition) is 5. The normalized spacial score (nSPS) is 12.4. The molecule has 1 aromatic rings. The van der Waals surface area contributed by atoms with Crippen molar-refractivity contribution in [2.24, 2.45) is 5.73 Å². The van der Waals surface area contributed by atoms with E-state index in [1.54, 1.807) is 7.11 Å². The number of nitrogens with two attached hydrogens (primary N) is 1. The van der Waals surface area contributed by atoms with E-state index >= 15 is 0 Å². The van der Waals surface area contributed by atoms with E-state index in [-0.39, 0.29) is 17.6 Å². The molecular formula is C8H15N5O2. The van der Waals surface area contributed by atoms with Crippen LogP contribution in [0.4, 0.5) is 0 Å². The fourth-order valence-electron chi connectivity index (χ4n) is 1.17. The summed E-state index contributed by atoms with van der Waals surface area (Å²) in [6, 6.07) is -0.0933. The van der Waals surface area contributed by atoms with Gasteiger partial charge in [-0.1, -0.05) is 0 Å². The Morgan fingerprint density at radius 2 is 2.60 bits per heavy atom. The number of hydrogen-bond donors (Lipinski definition) is 3. The molecule has 84 valence electrons. The number of ether oxygens (including phenoxy) is 1. The Hall–Kier alpha value is -1.47. The van der Waals surface area contributed by atoms with E-state index in [4.69, 9.17) is 10.5 Å². The molecule has 0 aromatic carbocycles. The van der Waals surface area contributed by atoms with E-state index in [9.17, 15) is 4.79 Å². The van der Waals surface area contributed by atoms with E-state index in [0.717, 1.165) is 0 Å². The SMILES string of the molecule is COCC(CCN)NC(=O)c1cn[nH]n1. The second-order valence-electron chi connectivity index (χ2n) is 3.06. The molecule has 0 aliphatic heterocycles. The van der Waals surface area contributed by atoms with Crippen LogP contribution >= 0.6 is 0 Å². The molecule has 7 heteroatoms. The van der Waals surface area contributed by atoms with Crippen molar-refractivity contribution < 1.29 is 9.53 Å². The summed E-state index contributed by atoms with van der Waals surface area (Å²) in [5.41, 5.74) is 5.67. The minimum atomic E-state index is -0.278. The highest BCUT2D eigenvalue weighted by Crippen LogP contribution is 1.95. The molecule has 7 nitrogen and oxygen atoms in total. The molecule has 1 heterocycles. The van der Waals surface area contributed by atoms with Crippen LogP contribution in [0.15, 0.2) is 6.20 Å². The first-order valence-corrected chi connectivity index (χ1v) is 4.63. The molecule has 1 rings (SSSR count). The second-order valence-corrected chi connectivity index (χ2v) is 3.06. The topological polar surface area (TPSA) is 106 Å². The molecule has 4 N–H and O–H groups in total. The van der Waals surface area contributed by atoms with Crippen molar-refractivity contribution in [3.8, 4) is 0 Å². The van der Waals surface area contributed by atoms with Crippen LogP contribution in [-0.2, 0) is 4.74 Å². The largest absolute Gasteiger partial charge is 0.383 e. The highest BCUT2D eigenvalue weighted by Gasteiger charge is 2.14. The minimum Gasteiger partial charge on any atom is -0.383 e. The minimum absolute atomic E-state index is 0.0933. The number of aromatic nitrogens is 3. The van der Waals surface area contributed by atoms with E-state index in [0.29, 0.717) is 19.6 Å². The number of methoxy groups -OCH3 is 1. The van der Waals surface area contributed by atoms with Crippen molar-refractivity contribution in [3.63, 3.8) is 0 Å². The van der Waals surface area contributed by atoms with Crippen LogP contribution in [0.2, 0.25) is 0 Å². The molecule has 0 bridgehead atoms. The average molecular weight is 213 g/mol. The summed E-state index contributed by atoms with van der Waals surface area (Å²) in [6.07, 6.45) is 2.03. The number of rotatable bonds is 6. The summed E-state index contributed by atoms with van der Waals surface area (Å²) in [5.74, 6) is -0.278. The van der Waals surface area contributed by atoms with Crippen LogP contribution in [0, 0.1) is 0 Å². The number of carbonyl (C=O) groups is 1. The van der Waals surface area contributed by atoms with Crippen LogP contribution in [-0.4, -0.2) is 47.6 Å². The highest BCUT2D eigenvalue weighted by molar-refractivity contribution is 5.91. The van der Waals surface area contributed by atoms with Gasteiger partial charge >= 0.3 is 0 Å². The third-order valence-electron chi connectivity index (χ3n) is 1.87. The zero-order valence-electron chi connectivity index (χ0n) is 8.56. The number of carbonyl (C=O) groups excluding carboxylic acids is 1. The summed E-state index contributed by atoms with van der Waals surface area (Å²) in [5, 5.41) is 12.3. The maximum atomic E-state index is 11.5. The van der Waals surface area contributed by atoms with Gasteiger partial charge in [0.1, 0.15) is 0 Å². The molecule has 0 saturated heterocycles. The number of H-pyrrole nitrogens is 1. The molecular weight excluding hydrogens is 198 g/mol. The Labute approximate surface area is 87.4 Å². The van der Waals surface area contributed by atoms with Crippen molar-refractivity contribution in [1.82, 2.24) is 20.7 Å². The fourth-order valence-corrected chi connectivity index (χ4v) is 1.17. The first-order valence-electron chi connectivity index (χ1n) is 4.63. The molecule has 0 aliphatic rings. The first-order chi connectivity index (χ1) is 7.27. The number of aromatic amines is 1. The van der Waals surface area contributed by atoms with Crippen molar-refractivity contribution in [1.29, 1.82) is 0 Å². The van der Waals surface area contributed by atoms with E-state index in [1.165, 1.54) is 6.20 Å². The Morgan fingerprint density at radius 3 is 3.13 bits per heavy atom. The van der Waals surface area contributed by atoms with Gasteiger partial charge in [-0.2, -0.15) is 15.4 Å². The maximum Gasteiger partial charge on any atom is 0.273 e. The van der Waals surface area contributed by atoms with Gasteiger partial charge in [-0.05, 0) is 13.0 Å². The van der Waals surface area contributed by atoms with Gasteiger partial charge in [0.15, 0.2) is 5.69 Å².